The normalized spacial score (nSPS) is 25.4. The van der Waals surface area contributed by atoms with Gasteiger partial charge in [0.2, 0.25) is 0 Å². The van der Waals surface area contributed by atoms with Crippen LogP contribution < -0.4 is 4.90 Å². The van der Waals surface area contributed by atoms with Crippen LogP contribution in [-0.2, 0) is 6.54 Å². The summed E-state index contributed by atoms with van der Waals surface area (Å²) in [6, 6.07) is 23.4. The number of nitrogens with zero attached hydrogens (tertiary/aromatic N) is 2. The van der Waals surface area contributed by atoms with Crippen molar-refractivity contribution >= 4 is 5.69 Å². The molecule has 1 saturated carbocycles. The number of hydrogen-bond donors (Lipinski definition) is 0. The Morgan fingerprint density at radius 1 is 0.821 bits per heavy atom. The van der Waals surface area contributed by atoms with Crippen LogP contribution in [0.15, 0.2) is 60.7 Å². The van der Waals surface area contributed by atoms with E-state index in [4.69, 9.17) is 0 Å². The molecule has 0 aromatic heterocycles. The largest absolute Gasteiger partial charge is 0.364 e. The van der Waals surface area contributed by atoms with Gasteiger partial charge in [-0.25, -0.2) is 0 Å². The van der Waals surface area contributed by atoms with Gasteiger partial charge in [0, 0.05) is 24.3 Å². The molecule has 2 fully saturated rings. The van der Waals surface area contributed by atoms with Crippen LogP contribution in [0.4, 0.5) is 5.69 Å². The Kier molecular flexibility index (Phi) is 6.06. The molecule has 150 valence electrons. The summed E-state index contributed by atoms with van der Waals surface area (Å²) in [5.74, 6) is 0. The monoisotopic (exact) mass is 376 g/mol. The van der Waals surface area contributed by atoms with Gasteiger partial charge in [0.05, 0.1) is 0 Å². The van der Waals surface area contributed by atoms with E-state index in [0.717, 1.165) is 12.6 Å². The number of hydrogen-bond acceptors (Lipinski definition) is 2. The molecule has 0 spiro atoms. The van der Waals surface area contributed by atoms with Crippen LogP contribution in [0.25, 0.3) is 0 Å². The summed E-state index contributed by atoms with van der Waals surface area (Å²) >= 11 is 0. The molecule has 2 aromatic carbocycles. The Labute approximate surface area is 171 Å². The predicted molar refractivity (Wildman–Crippen MR) is 120 cm³/mol. The minimum Gasteiger partial charge on any atom is -0.364 e. The highest BCUT2D eigenvalue weighted by Gasteiger charge is 2.33. The van der Waals surface area contributed by atoms with E-state index in [1.54, 1.807) is 0 Å². The van der Waals surface area contributed by atoms with Gasteiger partial charge < -0.3 is 9.80 Å². The van der Waals surface area contributed by atoms with Gasteiger partial charge in [0.25, 0.3) is 0 Å². The van der Waals surface area contributed by atoms with Gasteiger partial charge in [-0.3, -0.25) is 0 Å². The molecule has 0 unspecified atom stereocenters. The first-order chi connectivity index (χ1) is 13.6. The lowest BCUT2D eigenvalue weighted by Gasteiger charge is -2.45. The Balaban J connectivity index is 1.41. The SMILES string of the molecule is CC1(C)CCN(C2CCC(N(Cc3ccccc3)c3ccccc3)CC2)CC1. The van der Waals surface area contributed by atoms with E-state index in [9.17, 15) is 0 Å². The molecule has 0 radical (unpaired) electrons. The van der Waals surface area contributed by atoms with E-state index in [0.29, 0.717) is 11.5 Å². The average Bonchev–Trinajstić information content (AvgIpc) is 2.74. The number of likely N-dealkylation sites (tertiary alicyclic amines) is 1. The van der Waals surface area contributed by atoms with Crippen LogP contribution in [0.3, 0.4) is 0 Å². The third-order valence-corrected chi connectivity index (χ3v) is 7.06. The molecule has 28 heavy (non-hydrogen) atoms. The minimum absolute atomic E-state index is 0.549. The summed E-state index contributed by atoms with van der Waals surface area (Å²) in [6.45, 7) is 8.48. The zero-order chi connectivity index (χ0) is 19.4. The molecule has 2 nitrogen and oxygen atoms in total. The number of anilines is 1. The summed E-state index contributed by atoms with van der Waals surface area (Å²) in [5, 5.41) is 0. The maximum Gasteiger partial charge on any atom is 0.0432 e. The van der Waals surface area contributed by atoms with Crippen LogP contribution in [0.2, 0.25) is 0 Å². The topological polar surface area (TPSA) is 6.48 Å². The van der Waals surface area contributed by atoms with Gasteiger partial charge in [-0.15, -0.1) is 0 Å². The second-order valence-corrected chi connectivity index (χ2v) is 9.61. The van der Waals surface area contributed by atoms with Crippen molar-refractivity contribution in [1.82, 2.24) is 4.90 Å². The Morgan fingerprint density at radius 2 is 1.39 bits per heavy atom. The van der Waals surface area contributed by atoms with E-state index in [2.05, 4.69) is 84.3 Å². The molecule has 2 aliphatic rings. The Morgan fingerprint density at radius 3 is 2.00 bits per heavy atom. The van der Waals surface area contributed by atoms with Gasteiger partial charge >= 0.3 is 0 Å². The van der Waals surface area contributed by atoms with Crippen molar-refractivity contribution in [3.8, 4) is 0 Å². The lowest BCUT2D eigenvalue weighted by Crippen LogP contribution is -2.47. The van der Waals surface area contributed by atoms with E-state index in [1.807, 2.05) is 0 Å². The van der Waals surface area contributed by atoms with Crippen LogP contribution in [0, 0.1) is 5.41 Å². The molecule has 0 N–H and O–H groups in total. The molecule has 0 amide bonds. The third-order valence-electron chi connectivity index (χ3n) is 7.06. The second-order valence-electron chi connectivity index (χ2n) is 9.61. The van der Waals surface area contributed by atoms with Crippen LogP contribution >= 0.6 is 0 Å². The first-order valence-electron chi connectivity index (χ1n) is 11.2. The minimum atomic E-state index is 0.549. The molecular formula is C26H36N2. The van der Waals surface area contributed by atoms with Gasteiger partial charge in [-0.2, -0.15) is 0 Å². The average molecular weight is 377 g/mol. The molecule has 4 rings (SSSR count). The summed E-state index contributed by atoms with van der Waals surface area (Å²) < 4.78 is 0. The number of para-hydroxylation sites is 1. The van der Waals surface area contributed by atoms with Gasteiger partial charge in [-0.1, -0.05) is 62.4 Å². The molecule has 0 atom stereocenters. The number of rotatable bonds is 5. The lowest BCUT2D eigenvalue weighted by atomic mass is 9.80. The Hall–Kier alpha value is -1.80. The highest BCUT2D eigenvalue weighted by Crippen LogP contribution is 2.35. The van der Waals surface area contributed by atoms with E-state index in [-0.39, 0.29) is 0 Å². The van der Waals surface area contributed by atoms with Crippen molar-refractivity contribution in [3.05, 3.63) is 66.2 Å². The molecule has 1 heterocycles. The summed E-state index contributed by atoms with van der Waals surface area (Å²) in [7, 11) is 0. The molecule has 1 saturated heterocycles. The van der Waals surface area contributed by atoms with Crippen LogP contribution in [0.1, 0.15) is 57.9 Å². The van der Waals surface area contributed by atoms with Gasteiger partial charge in [0.15, 0.2) is 0 Å². The zero-order valence-electron chi connectivity index (χ0n) is 17.7. The quantitative estimate of drug-likeness (QED) is 0.619. The maximum atomic E-state index is 2.80. The fourth-order valence-electron chi connectivity index (χ4n) is 5.06. The van der Waals surface area contributed by atoms with Gasteiger partial charge in [0.1, 0.15) is 0 Å². The summed E-state index contributed by atoms with van der Waals surface area (Å²) in [6.07, 6.45) is 8.04. The molecule has 0 bridgehead atoms. The molecular weight excluding hydrogens is 340 g/mol. The van der Waals surface area contributed by atoms with E-state index >= 15 is 0 Å². The van der Waals surface area contributed by atoms with Crippen LogP contribution in [-0.4, -0.2) is 30.1 Å². The predicted octanol–water partition coefficient (Wildman–Crippen LogP) is 6.13. The summed E-state index contributed by atoms with van der Waals surface area (Å²) in [5.41, 5.74) is 3.33. The number of piperidine rings is 1. The first kappa shape index (κ1) is 19.5. The van der Waals surface area contributed by atoms with Crippen molar-refractivity contribution in [2.75, 3.05) is 18.0 Å². The zero-order valence-corrected chi connectivity index (χ0v) is 17.7. The fourth-order valence-corrected chi connectivity index (χ4v) is 5.06. The third kappa shape index (κ3) is 4.78. The molecule has 2 heteroatoms. The smallest absolute Gasteiger partial charge is 0.0432 e. The second kappa shape index (κ2) is 8.69. The highest BCUT2D eigenvalue weighted by molar-refractivity contribution is 5.48. The van der Waals surface area contributed by atoms with E-state index < -0.39 is 0 Å². The van der Waals surface area contributed by atoms with Crippen molar-refractivity contribution in [2.24, 2.45) is 5.41 Å². The maximum absolute atomic E-state index is 2.80. The lowest BCUT2D eigenvalue weighted by molar-refractivity contribution is 0.0730. The fraction of sp³-hybridized carbons (Fsp3) is 0.538. The van der Waals surface area contributed by atoms with Crippen molar-refractivity contribution in [1.29, 1.82) is 0 Å². The Bertz CT molecular complexity index is 707. The van der Waals surface area contributed by atoms with E-state index in [1.165, 1.54) is 62.9 Å². The molecule has 1 aliphatic carbocycles. The van der Waals surface area contributed by atoms with Crippen molar-refractivity contribution in [2.45, 2.75) is 71.0 Å². The molecule has 1 aliphatic heterocycles. The summed E-state index contributed by atoms with van der Waals surface area (Å²) in [4.78, 5) is 5.45. The van der Waals surface area contributed by atoms with Crippen molar-refractivity contribution < 1.29 is 0 Å². The van der Waals surface area contributed by atoms with Crippen LogP contribution in [0.5, 0.6) is 0 Å². The standard InChI is InChI=1S/C26H36N2/c1-26(2)17-19-27(20-18-26)23-13-15-25(16-14-23)28(24-11-7-4-8-12-24)21-22-9-5-3-6-10-22/h3-12,23,25H,13-21H2,1-2H3. The number of benzene rings is 2. The highest BCUT2D eigenvalue weighted by atomic mass is 15.2. The first-order valence-corrected chi connectivity index (χ1v) is 11.2. The van der Waals surface area contributed by atoms with Gasteiger partial charge in [-0.05, 0) is 74.7 Å². The van der Waals surface area contributed by atoms with Crippen molar-refractivity contribution in [3.63, 3.8) is 0 Å². The molecule has 2 aromatic rings.